The third kappa shape index (κ3) is 2.30. The van der Waals surface area contributed by atoms with Crippen molar-refractivity contribution in [1.82, 2.24) is 14.5 Å². The number of aromatic amines is 1. The zero-order valence-electron chi connectivity index (χ0n) is 11.0. The first kappa shape index (κ1) is 13.4. The number of hydrogen-bond donors (Lipinski definition) is 1. The van der Waals surface area contributed by atoms with E-state index in [1.54, 1.807) is 18.3 Å². The molecule has 0 aromatic carbocycles. The molecule has 1 N–H and O–H groups in total. The van der Waals surface area contributed by atoms with E-state index in [4.69, 9.17) is 16.0 Å². The summed E-state index contributed by atoms with van der Waals surface area (Å²) in [7, 11) is 0. The van der Waals surface area contributed by atoms with Crippen LogP contribution in [0, 0.1) is 0 Å². The number of H-pyrrole nitrogens is 1. The second-order valence-corrected chi connectivity index (χ2v) is 4.93. The number of oxazole rings is 1. The summed E-state index contributed by atoms with van der Waals surface area (Å²) in [5.74, 6) is -0.189. The van der Waals surface area contributed by atoms with Gasteiger partial charge in [-0.25, -0.2) is 9.78 Å². The Morgan fingerprint density at radius 3 is 2.95 bits per heavy atom. The van der Waals surface area contributed by atoms with Gasteiger partial charge in [-0.15, -0.1) is 0 Å². The molecule has 3 heterocycles. The predicted molar refractivity (Wildman–Crippen MR) is 78.7 cm³/mol. The summed E-state index contributed by atoms with van der Waals surface area (Å²) >= 11 is 5.95. The van der Waals surface area contributed by atoms with Gasteiger partial charge >= 0.3 is 5.63 Å². The molecule has 0 saturated carbocycles. The zero-order chi connectivity index (χ0) is 15.1. The lowest BCUT2D eigenvalue weighted by atomic mass is 10.2. The lowest BCUT2D eigenvalue weighted by Crippen LogP contribution is -2.20. The van der Waals surface area contributed by atoms with Crippen LogP contribution in [0.5, 0.6) is 0 Å². The molecule has 0 saturated heterocycles. The molecule has 0 aliphatic heterocycles. The Balaban J connectivity index is 2.38. The quantitative estimate of drug-likeness (QED) is 0.723. The number of carbonyl (C=O) groups excluding carboxylic acids is 1. The van der Waals surface area contributed by atoms with E-state index >= 15 is 0 Å². The molecule has 0 atom stereocenters. The second-order valence-electron chi connectivity index (χ2n) is 4.49. The average Bonchev–Trinajstić information content (AvgIpc) is 2.91. The number of nitrogens with one attached hydrogen (secondary N) is 1. The number of halogens is 1. The number of carbonyl (C=O) groups is 1. The van der Waals surface area contributed by atoms with Crippen molar-refractivity contribution >= 4 is 41.2 Å². The number of nitrogens with zero attached hydrogens (tertiary/aromatic N) is 2. The van der Waals surface area contributed by atoms with Gasteiger partial charge in [-0.3, -0.25) is 9.36 Å². The smallest absolute Gasteiger partial charge is 0.361 e. The third-order valence-corrected chi connectivity index (χ3v) is 3.20. The topological polar surface area (TPSA) is 80.9 Å². The van der Waals surface area contributed by atoms with Crippen LogP contribution in [0.25, 0.3) is 23.7 Å². The standard InChI is InChI=1S/C14H10ClN3O3/c1-7-17-12(14(20)21-7)3-9-6-18(8(2)19)13-11(9)4-10(15)5-16-13/h3-6,17H,1H2,2H3. The first-order valence-corrected chi connectivity index (χ1v) is 6.41. The van der Waals surface area contributed by atoms with Gasteiger partial charge in [0.1, 0.15) is 11.0 Å². The zero-order valence-corrected chi connectivity index (χ0v) is 11.8. The van der Waals surface area contributed by atoms with Gasteiger partial charge < -0.3 is 9.40 Å². The van der Waals surface area contributed by atoms with Crippen LogP contribution in [-0.4, -0.2) is 20.4 Å². The minimum Gasteiger partial charge on any atom is -0.405 e. The maximum atomic E-state index is 11.7. The molecule has 0 amide bonds. The summed E-state index contributed by atoms with van der Waals surface area (Å²) in [6, 6.07) is 1.69. The number of hydrogen-bond acceptors (Lipinski definition) is 4. The van der Waals surface area contributed by atoms with Crippen molar-refractivity contribution in [2.24, 2.45) is 0 Å². The minimum atomic E-state index is -0.529. The summed E-state index contributed by atoms with van der Waals surface area (Å²) < 4.78 is 6.20. The van der Waals surface area contributed by atoms with Crippen molar-refractivity contribution in [2.45, 2.75) is 6.92 Å². The van der Waals surface area contributed by atoms with E-state index in [0.29, 0.717) is 21.6 Å². The maximum Gasteiger partial charge on any atom is 0.361 e. The molecule has 0 unspecified atom stereocenters. The number of pyridine rings is 1. The monoisotopic (exact) mass is 303 g/mol. The highest BCUT2D eigenvalue weighted by atomic mass is 35.5. The van der Waals surface area contributed by atoms with Crippen LogP contribution in [-0.2, 0) is 0 Å². The molecule has 0 aliphatic rings. The Kier molecular flexibility index (Phi) is 3.03. The van der Waals surface area contributed by atoms with E-state index in [1.807, 2.05) is 0 Å². The molecule has 0 radical (unpaired) electrons. The second kappa shape index (κ2) is 4.75. The Morgan fingerprint density at radius 2 is 2.33 bits per heavy atom. The lowest BCUT2D eigenvalue weighted by molar-refractivity contribution is 0.0941. The van der Waals surface area contributed by atoms with E-state index in [2.05, 4.69) is 16.5 Å². The Labute approximate surface area is 123 Å². The fourth-order valence-electron chi connectivity index (χ4n) is 2.11. The molecular formula is C14H10ClN3O3. The average molecular weight is 304 g/mol. The third-order valence-electron chi connectivity index (χ3n) is 2.99. The molecule has 0 spiro atoms. The molecule has 3 rings (SSSR count). The predicted octanol–water partition coefficient (Wildman–Crippen LogP) is 0.870. The fourth-order valence-corrected chi connectivity index (χ4v) is 2.26. The molecule has 0 aliphatic carbocycles. The first-order valence-electron chi connectivity index (χ1n) is 6.03. The maximum absolute atomic E-state index is 11.7. The minimum absolute atomic E-state index is 0.165. The van der Waals surface area contributed by atoms with Crippen LogP contribution in [0.4, 0.5) is 0 Å². The van der Waals surface area contributed by atoms with Crippen LogP contribution in [0.2, 0.25) is 5.02 Å². The molecule has 21 heavy (non-hydrogen) atoms. The first-order chi connectivity index (χ1) is 9.95. The van der Waals surface area contributed by atoms with Gasteiger partial charge in [0, 0.05) is 30.3 Å². The molecule has 0 bridgehead atoms. The van der Waals surface area contributed by atoms with Crippen molar-refractivity contribution in [2.75, 3.05) is 0 Å². The summed E-state index contributed by atoms with van der Waals surface area (Å²) in [5.41, 5.74) is 0.740. The van der Waals surface area contributed by atoms with Crippen molar-refractivity contribution in [1.29, 1.82) is 0 Å². The largest absolute Gasteiger partial charge is 0.405 e. The molecule has 3 aromatic heterocycles. The Hall–Kier alpha value is -2.60. The summed E-state index contributed by atoms with van der Waals surface area (Å²) in [4.78, 5) is 30.1. The number of rotatable bonds is 1. The summed E-state index contributed by atoms with van der Waals surface area (Å²) in [6.45, 7) is 4.95. The van der Waals surface area contributed by atoms with Crippen molar-refractivity contribution in [3.8, 4) is 0 Å². The molecule has 3 aromatic rings. The van der Waals surface area contributed by atoms with Crippen LogP contribution >= 0.6 is 11.6 Å². The van der Waals surface area contributed by atoms with E-state index in [0.717, 1.165) is 0 Å². The van der Waals surface area contributed by atoms with E-state index in [1.165, 1.54) is 17.7 Å². The van der Waals surface area contributed by atoms with Gasteiger partial charge in [-0.1, -0.05) is 11.6 Å². The molecule has 0 fully saturated rings. The summed E-state index contributed by atoms with van der Waals surface area (Å²) in [6.07, 6.45) is 4.63. The van der Waals surface area contributed by atoms with E-state index in [-0.39, 0.29) is 16.8 Å². The SMILES string of the molecule is C=c1[nH]c(=Cc2cn(C(C)=O)c3ncc(Cl)cc23)c(=O)o1. The van der Waals surface area contributed by atoms with Gasteiger partial charge in [0.2, 0.25) is 5.91 Å². The van der Waals surface area contributed by atoms with Crippen molar-refractivity contribution < 1.29 is 9.21 Å². The van der Waals surface area contributed by atoms with Crippen molar-refractivity contribution in [3.63, 3.8) is 0 Å². The molecular weight excluding hydrogens is 294 g/mol. The van der Waals surface area contributed by atoms with Gasteiger partial charge in [0.25, 0.3) is 0 Å². The van der Waals surface area contributed by atoms with Crippen LogP contribution in [0.1, 0.15) is 17.3 Å². The highest BCUT2D eigenvalue weighted by molar-refractivity contribution is 6.31. The summed E-state index contributed by atoms with van der Waals surface area (Å²) in [5, 5.41) is 1.34. The van der Waals surface area contributed by atoms with Crippen LogP contribution < -0.4 is 16.5 Å². The normalized spacial score (nSPS) is 12.2. The van der Waals surface area contributed by atoms with Crippen molar-refractivity contribution in [3.05, 3.63) is 50.4 Å². The fraction of sp³-hybridized carbons (Fsp3) is 0.0714. The molecule has 6 nitrogen and oxygen atoms in total. The van der Waals surface area contributed by atoms with Crippen LogP contribution in [0.3, 0.4) is 0 Å². The number of fused-ring (bicyclic) bond motifs is 1. The Morgan fingerprint density at radius 1 is 1.57 bits per heavy atom. The highest BCUT2D eigenvalue weighted by Gasteiger charge is 2.12. The van der Waals surface area contributed by atoms with E-state index < -0.39 is 5.63 Å². The van der Waals surface area contributed by atoms with Gasteiger partial charge in [0.15, 0.2) is 5.55 Å². The van der Waals surface area contributed by atoms with E-state index in [9.17, 15) is 9.59 Å². The van der Waals surface area contributed by atoms with Crippen LogP contribution in [0.15, 0.2) is 27.7 Å². The van der Waals surface area contributed by atoms with Gasteiger partial charge in [-0.05, 0) is 18.7 Å². The highest BCUT2D eigenvalue weighted by Crippen LogP contribution is 2.23. The molecule has 106 valence electrons. The van der Waals surface area contributed by atoms with Gasteiger partial charge in [0.05, 0.1) is 5.02 Å². The van der Waals surface area contributed by atoms with Gasteiger partial charge in [-0.2, -0.15) is 0 Å². The lowest BCUT2D eigenvalue weighted by Gasteiger charge is -1.97. The molecule has 7 heteroatoms. The Bertz CT molecular complexity index is 1030. The number of aromatic nitrogens is 3.